The molecule has 70 valence electrons. The number of carboxylic acid groups (broad SMARTS) is 1. The number of hydrogen-bond acceptors (Lipinski definition) is 2. The van der Waals surface area contributed by atoms with E-state index in [0.717, 1.165) is 0 Å². The first-order valence-electron chi connectivity index (χ1n) is 3.37. The number of rotatable bonds is 2. The third-order valence-corrected chi connectivity index (χ3v) is 2.39. The SMILES string of the molecule is O=C(O)C(S)c1cc(Cl)cc(Cl)c1. The van der Waals surface area contributed by atoms with Crippen LogP contribution in [0, 0.1) is 0 Å². The van der Waals surface area contributed by atoms with Gasteiger partial charge in [0, 0.05) is 10.0 Å². The Kier molecular flexibility index (Phi) is 3.47. The molecule has 1 aromatic carbocycles. The molecule has 0 fully saturated rings. The molecular formula is C8H6Cl2O2S. The van der Waals surface area contributed by atoms with E-state index in [1.807, 2.05) is 0 Å². The van der Waals surface area contributed by atoms with Gasteiger partial charge in [0.05, 0.1) is 0 Å². The van der Waals surface area contributed by atoms with Crippen molar-refractivity contribution in [1.29, 1.82) is 0 Å². The topological polar surface area (TPSA) is 37.3 Å². The fourth-order valence-electron chi connectivity index (χ4n) is 0.876. The van der Waals surface area contributed by atoms with E-state index in [9.17, 15) is 4.79 Å². The molecule has 1 unspecified atom stereocenters. The summed E-state index contributed by atoms with van der Waals surface area (Å²) in [5.41, 5.74) is 0.480. The third kappa shape index (κ3) is 2.79. The van der Waals surface area contributed by atoms with Gasteiger partial charge in [-0.2, -0.15) is 12.6 Å². The lowest BCUT2D eigenvalue weighted by Crippen LogP contribution is -2.04. The van der Waals surface area contributed by atoms with Gasteiger partial charge >= 0.3 is 5.97 Å². The van der Waals surface area contributed by atoms with Crippen LogP contribution in [0.1, 0.15) is 10.8 Å². The minimum absolute atomic E-state index is 0.405. The molecule has 13 heavy (non-hydrogen) atoms. The zero-order valence-corrected chi connectivity index (χ0v) is 8.77. The van der Waals surface area contributed by atoms with Gasteiger partial charge in [-0.15, -0.1) is 0 Å². The summed E-state index contributed by atoms with van der Waals surface area (Å²) in [4.78, 5) is 10.6. The second-order valence-electron chi connectivity index (χ2n) is 2.44. The Balaban J connectivity index is 3.07. The molecule has 1 rings (SSSR count). The maximum atomic E-state index is 10.6. The summed E-state index contributed by atoms with van der Waals surface area (Å²) in [6.07, 6.45) is 0. The van der Waals surface area contributed by atoms with Crippen LogP contribution in [0.2, 0.25) is 10.0 Å². The van der Waals surface area contributed by atoms with Crippen molar-refractivity contribution in [3.05, 3.63) is 33.8 Å². The molecule has 1 N–H and O–H groups in total. The average Bonchev–Trinajstić information content (AvgIpc) is 2.01. The highest BCUT2D eigenvalue weighted by atomic mass is 35.5. The number of hydrogen-bond donors (Lipinski definition) is 2. The van der Waals surface area contributed by atoms with Crippen molar-refractivity contribution in [2.24, 2.45) is 0 Å². The normalized spacial score (nSPS) is 12.5. The summed E-state index contributed by atoms with van der Waals surface area (Å²) in [5, 5.41) is 8.57. The van der Waals surface area contributed by atoms with Gasteiger partial charge in [-0.05, 0) is 23.8 Å². The van der Waals surface area contributed by atoms with E-state index in [1.165, 1.54) is 18.2 Å². The largest absolute Gasteiger partial charge is 0.480 e. The number of halogens is 2. The highest BCUT2D eigenvalue weighted by Gasteiger charge is 2.15. The van der Waals surface area contributed by atoms with Crippen molar-refractivity contribution in [3.8, 4) is 0 Å². The number of thiol groups is 1. The molecule has 0 heterocycles. The molecule has 0 amide bonds. The summed E-state index contributed by atoms with van der Waals surface area (Å²) in [6.45, 7) is 0. The lowest BCUT2D eigenvalue weighted by Gasteiger charge is -2.06. The van der Waals surface area contributed by atoms with E-state index in [2.05, 4.69) is 12.6 Å². The molecule has 2 nitrogen and oxygen atoms in total. The minimum Gasteiger partial charge on any atom is -0.480 e. The molecule has 0 saturated heterocycles. The van der Waals surface area contributed by atoms with Crippen LogP contribution in [0.3, 0.4) is 0 Å². The molecule has 5 heteroatoms. The van der Waals surface area contributed by atoms with Crippen molar-refractivity contribution in [2.75, 3.05) is 0 Å². The van der Waals surface area contributed by atoms with Gasteiger partial charge in [-0.1, -0.05) is 23.2 Å². The van der Waals surface area contributed by atoms with Gasteiger partial charge in [0.1, 0.15) is 5.25 Å². The molecule has 0 aromatic heterocycles. The molecule has 0 aliphatic rings. The summed E-state index contributed by atoms with van der Waals surface area (Å²) in [7, 11) is 0. The Morgan fingerprint density at radius 2 is 1.77 bits per heavy atom. The second kappa shape index (κ2) is 4.22. The van der Waals surface area contributed by atoms with Crippen molar-refractivity contribution < 1.29 is 9.90 Å². The first-order chi connectivity index (χ1) is 6.00. The smallest absolute Gasteiger partial charge is 0.320 e. The van der Waals surface area contributed by atoms with Crippen molar-refractivity contribution in [3.63, 3.8) is 0 Å². The summed E-state index contributed by atoms with van der Waals surface area (Å²) < 4.78 is 0. The monoisotopic (exact) mass is 236 g/mol. The number of carbonyl (C=O) groups is 1. The van der Waals surface area contributed by atoms with Gasteiger partial charge < -0.3 is 5.11 Å². The molecule has 0 bridgehead atoms. The van der Waals surface area contributed by atoms with E-state index in [4.69, 9.17) is 28.3 Å². The maximum absolute atomic E-state index is 10.6. The Bertz CT molecular complexity index is 321. The molecule has 0 spiro atoms. The molecule has 0 aliphatic carbocycles. The molecule has 1 atom stereocenters. The van der Waals surface area contributed by atoms with Crippen molar-refractivity contribution >= 4 is 41.8 Å². The first kappa shape index (κ1) is 10.7. The molecule has 0 saturated carbocycles. The Morgan fingerprint density at radius 1 is 1.31 bits per heavy atom. The molecule has 1 aromatic rings. The fourth-order valence-corrected chi connectivity index (χ4v) is 1.57. The lowest BCUT2D eigenvalue weighted by atomic mass is 10.1. The first-order valence-corrected chi connectivity index (χ1v) is 4.65. The molecular weight excluding hydrogens is 231 g/mol. The van der Waals surface area contributed by atoms with Crippen LogP contribution in [0.5, 0.6) is 0 Å². The fraction of sp³-hybridized carbons (Fsp3) is 0.125. The van der Waals surface area contributed by atoms with Crippen LogP contribution in [0.25, 0.3) is 0 Å². The summed E-state index contributed by atoms with van der Waals surface area (Å²) in [5.74, 6) is -1.03. The predicted octanol–water partition coefficient (Wildman–Crippen LogP) is 3.05. The average molecular weight is 237 g/mol. The van der Waals surface area contributed by atoms with E-state index in [-0.39, 0.29) is 0 Å². The predicted molar refractivity (Wildman–Crippen MR) is 55.8 cm³/mol. The highest BCUT2D eigenvalue weighted by Crippen LogP contribution is 2.26. The van der Waals surface area contributed by atoms with E-state index in [0.29, 0.717) is 15.6 Å². The number of benzene rings is 1. The van der Waals surface area contributed by atoms with Crippen LogP contribution in [0.15, 0.2) is 18.2 Å². The van der Waals surface area contributed by atoms with Gasteiger partial charge in [-0.25, -0.2) is 0 Å². The number of carboxylic acids is 1. The van der Waals surface area contributed by atoms with Crippen LogP contribution in [0.4, 0.5) is 0 Å². The number of aliphatic carboxylic acids is 1. The Labute approximate surface area is 90.9 Å². The summed E-state index contributed by atoms with van der Waals surface area (Å²) in [6, 6.07) is 4.59. The van der Waals surface area contributed by atoms with Gasteiger partial charge in [0.25, 0.3) is 0 Å². The maximum Gasteiger partial charge on any atom is 0.320 e. The summed E-state index contributed by atoms with van der Waals surface area (Å²) >= 11 is 15.3. The second-order valence-corrected chi connectivity index (χ2v) is 3.83. The van der Waals surface area contributed by atoms with Crippen LogP contribution in [-0.2, 0) is 4.79 Å². The quantitative estimate of drug-likeness (QED) is 0.775. The van der Waals surface area contributed by atoms with E-state index in [1.54, 1.807) is 0 Å². The Hall–Kier alpha value is -0.380. The Morgan fingerprint density at radius 3 is 2.15 bits per heavy atom. The zero-order chi connectivity index (χ0) is 10.0. The van der Waals surface area contributed by atoms with Crippen LogP contribution >= 0.6 is 35.8 Å². The standard InChI is InChI=1S/C8H6Cl2O2S/c9-5-1-4(2-6(10)3-5)7(13)8(11)12/h1-3,7,13H,(H,11,12). The van der Waals surface area contributed by atoms with Gasteiger partial charge in [0.2, 0.25) is 0 Å². The molecule has 0 radical (unpaired) electrons. The van der Waals surface area contributed by atoms with Crippen molar-refractivity contribution in [2.45, 2.75) is 5.25 Å². The lowest BCUT2D eigenvalue weighted by molar-refractivity contribution is -0.136. The van der Waals surface area contributed by atoms with Gasteiger partial charge in [-0.3, -0.25) is 4.79 Å². The molecule has 0 aliphatic heterocycles. The van der Waals surface area contributed by atoms with E-state index >= 15 is 0 Å². The minimum atomic E-state index is -1.03. The van der Waals surface area contributed by atoms with Crippen molar-refractivity contribution in [1.82, 2.24) is 0 Å². The van der Waals surface area contributed by atoms with Crippen LogP contribution < -0.4 is 0 Å². The third-order valence-electron chi connectivity index (χ3n) is 1.43. The van der Waals surface area contributed by atoms with Crippen LogP contribution in [-0.4, -0.2) is 11.1 Å². The zero-order valence-electron chi connectivity index (χ0n) is 6.37. The van der Waals surface area contributed by atoms with E-state index < -0.39 is 11.2 Å². The van der Waals surface area contributed by atoms with Gasteiger partial charge in [0.15, 0.2) is 0 Å². The highest BCUT2D eigenvalue weighted by molar-refractivity contribution is 7.81.